The van der Waals surface area contributed by atoms with E-state index in [0.29, 0.717) is 26.3 Å². The third-order valence-electron chi connectivity index (χ3n) is 5.00. The predicted octanol–water partition coefficient (Wildman–Crippen LogP) is 3.27. The summed E-state index contributed by atoms with van der Waals surface area (Å²) in [6.45, 7) is 6.48. The Kier molecular flexibility index (Phi) is 5.21. The Hall–Kier alpha value is -1.85. The smallest absolute Gasteiger partial charge is 0.308 e. The van der Waals surface area contributed by atoms with Gasteiger partial charge in [-0.2, -0.15) is 0 Å². The average Bonchev–Trinajstić information content (AvgIpc) is 2.94. The lowest BCUT2D eigenvalue weighted by atomic mass is 9.86. The van der Waals surface area contributed by atoms with Crippen LogP contribution >= 0.6 is 0 Å². The quantitative estimate of drug-likeness (QED) is 0.850. The number of carbonyl (C=O) groups is 1. The Morgan fingerprint density at radius 3 is 2.67 bits per heavy atom. The molecule has 5 heteroatoms. The summed E-state index contributed by atoms with van der Waals surface area (Å²) in [7, 11) is 0. The number of aryl methyl sites for hydroxylation is 2. The van der Waals surface area contributed by atoms with Gasteiger partial charge in [-0.25, -0.2) is 0 Å². The molecule has 1 aliphatic rings. The summed E-state index contributed by atoms with van der Waals surface area (Å²) < 4.78 is 11.2. The highest BCUT2D eigenvalue weighted by Crippen LogP contribution is 2.25. The molecule has 1 aromatic carbocycles. The fraction of sp³-hybridized carbons (Fsp3) is 0.526. The van der Waals surface area contributed by atoms with Gasteiger partial charge >= 0.3 is 5.97 Å². The van der Waals surface area contributed by atoms with Crippen LogP contribution in [0.15, 0.2) is 22.6 Å². The molecular formula is C19H25NO4. The molecule has 1 atom stereocenters. The number of furan rings is 1. The van der Waals surface area contributed by atoms with Gasteiger partial charge in [0.05, 0.1) is 12.5 Å². The van der Waals surface area contributed by atoms with E-state index in [9.17, 15) is 9.90 Å². The fourth-order valence-corrected chi connectivity index (χ4v) is 3.37. The van der Waals surface area contributed by atoms with Gasteiger partial charge in [-0.1, -0.05) is 0 Å². The molecule has 1 saturated heterocycles. The van der Waals surface area contributed by atoms with Crippen LogP contribution in [-0.4, -0.2) is 30.8 Å². The molecule has 5 nitrogen and oxygen atoms in total. The first-order valence-corrected chi connectivity index (χ1v) is 8.55. The largest absolute Gasteiger partial charge is 0.481 e. The standard InChI is InChI=1S/C19H25NO4/c1-12-7-15-9-16(24-18(15)8-13(12)2)10-20-11-17(19(21)22)14-3-5-23-6-4-14/h7-9,14,17,20H,3-6,10-11H2,1-2H3,(H,21,22). The summed E-state index contributed by atoms with van der Waals surface area (Å²) in [6.07, 6.45) is 1.64. The molecule has 1 unspecified atom stereocenters. The molecule has 2 heterocycles. The van der Waals surface area contributed by atoms with E-state index in [1.807, 2.05) is 6.07 Å². The zero-order chi connectivity index (χ0) is 17.1. The van der Waals surface area contributed by atoms with Gasteiger partial charge in [0.1, 0.15) is 11.3 Å². The summed E-state index contributed by atoms with van der Waals surface area (Å²) in [4.78, 5) is 11.6. The fourth-order valence-electron chi connectivity index (χ4n) is 3.37. The maximum absolute atomic E-state index is 11.6. The summed E-state index contributed by atoms with van der Waals surface area (Å²) >= 11 is 0. The molecule has 0 aliphatic carbocycles. The highest BCUT2D eigenvalue weighted by atomic mass is 16.5. The lowest BCUT2D eigenvalue weighted by Gasteiger charge is -2.27. The number of rotatable bonds is 6. The van der Waals surface area contributed by atoms with Gasteiger partial charge in [-0.3, -0.25) is 4.79 Å². The molecular weight excluding hydrogens is 306 g/mol. The third kappa shape index (κ3) is 3.79. The lowest BCUT2D eigenvalue weighted by molar-refractivity contribution is -0.144. The first-order valence-electron chi connectivity index (χ1n) is 8.55. The molecule has 3 rings (SSSR count). The highest BCUT2D eigenvalue weighted by molar-refractivity contribution is 5.79. The number of aliphatic carboxylic acids is 1. The summed E-state index contributed by atoms with van der Waals surface area (Å²) in [5.74, 6) is -0.0798. The van der Waals surface area contributed by atoms with Gasteiger partial charge in [0.25, 0.3) is 0 Å². The van der Waals surface area contributed by atoms with E-state index in [0.717, 1.165) is 29.6 Å². The predicted molar refractivity (Wildman–Crippen MR) is 92.1 cm³/mol. The van der Waals surface area contributed by atoms with Crippen LogP contribution in [0, 0.1) is 25.7 Å². The molecule has 0 radical (unpaired) electrons. The maximum atomic E-state index is 11.6. The number of carboxylic acids is 1. The van der Waals surface area contributed by atoms with Gasteiger partial charge in [0, 0.05) is 25.1 Å². The van der Waals surface area contributed by atoms with Crippen LogP contribution in [-0.2, 0) is 16.1 Å². The Labute approximate surface area is 142 Å². The molecule has 0 bridgehead atoms. The second-order valence-corrected chi connectivity index (χ2v) is 6.71. The van der Waals surface area contributed by atoms with Gasteiger partial charge in [0.2, 0.25) is 0 Å². The van der Waals surface area contributed by atoms with Crippen molar-refractivity contribution >= 4 is 16.9 Å². The molecule has 2 aromatic rings. The van der Waals surface area contributed by atoms with Crippen molar-refractivity contribution in [2.24, 2.45) is 11.8 Å². The Morgan fingerprint density at radius 1 is 1.25 bits per heavy atom. The highest BCUT2D eigenvalue weighted by Gasteiger charge is 2.29. The van der Waals surface area contributed by atoms with Crippen LogP contribution in [0.4, 0.5) is 0 Å². The number of hydrogen-bond donors (Lipinski definition) is 2. The molecule has 1 fully saturated rings. The van der Waals surface area contributed by atoms with Crippen LogP contribution in [0.2, 0.25) is 0 Å². The second kappa shape index (κ2) is 7.36. The van der Waals surface area contributed by atoms with Crippen LogP contribution in [0.5, 0.6) is 0 Å². The molecule has 2 N–H and O–H groups in total. The molecule has 24 heavy (non-hydrogen) atoms. The van der Waals surface area contributed by atoms with Crippen LogP contribution in [0.25, 0.3) is 11.0 Å². The van der Waals surface area contributed by atoms with Gasteiger partial charge < -0.3 is 19.6 Å². The van der Waals surface area contributed by atoms with Crippen molar-refractivity contribution in [3.63, 3.8) is 0 Å². The van der Waals surface area contributed by atoms with Crippen LogP contribution in [0.3, 0.4) is 0 Å². The zero-order valence-corrected chi connectivity index (χ0v) is 14.3. The Bertz CT molecular complexity index is 676. The van der Waals surface area contributed by atoms with Crippen molar-refractivity contribution in [3.8, 4) is 0 Å². The van der Waals surface area contributed by atoms with Crippen molar-refractivity contribution in [3.05, 3.63) is 35.1 Å². The van der Waals surface area contributed by atoms with Crippen molar-refractivity contribution in [2.45, 2.75) is 33.2 Å². The average molecular weight is 331 g/mol. The molecule has 0 saturated carbocycles. The van der Waals surface area contributed by atoms with E-state index in [1.54, 1.807) is 0 Å². The topological polar surface area (TPSA) is 71.7 Å². The summed E-state index contributed by atoms with van der Waals surface area (Å²) in [5.41, 5.74) is 3.34. The first-order chi connectivity index (χ1) is 11.5. The maximum Gasteiger partial charge on any atom is 0.308 e. The van der Waals surface area contributed by atoms with Crippen LogP contribution < -0.4 is 5.32 Å². The van der Waals surface area contributed by atoms with E-state index in [1.165, 1.54) is 11.1 Å². The van der Waals surface area contributed by atoms with Crippen molar-refractivity contribution in [2.75, 3.05) is 19.8 Å². The molecule has 1 aliphatic heterocycles. The van der Waals surface area contributed by atoms with E-state index >= 15 is 0 Å². The monoisotopic (exact) mass is 331 g/mol. The van der Waals surface area contributed by atoms with Gasteiger partial charge in [-0.15, -0.1) is 0 Å². The van der Waals surface area contributed by atoms with Crippen molar-refractivity contribution < 1.29 is 19.1 Å². The third-order valence-corrected chi connectivity index (χ3v) is 5.00. The first kappa shape index (κ1) is 17.0. The van der Waals surface area contributed by atoms with E-state index in [2.05, 4.69) is 31.3 Å². The van der Waals surface area contributed by atoms with Gasteiger partial charge in [-0.05, 0) is 61.9 Å². The van der Waals surface area contributed by atoms with Crippen molar-refractivity contribution in [1.82, 2.24) is 5.32 Å². The minimum absolute atomic E-state index is 0.185. The van der Waals surface area contributed by atoms with E-state index < -0.39 is 5.97 Å². The minimum atomic E-state index is -0.731. The number of hydrogen-bond acceptors (Lipinski definition) is 4. The van der Waals surface area contributed by atoms with E-state index in [4.69, 9.17) is 9.15 Å². The van der Waals surface area contributed by atoms with Gasteiger partial charge in [0.15, 0.2) is 0 Å². The number of carboxylic acid groups (broad SMARTS) is 1. The molecule has 0 amide bonds. The molecule has 0 spiro atoms. The lowest BCUT2D eigenvalue weighted by Crippen LogP contribution is -2.36. The number of nitrogens with one attached hydrogen (secondary N) is 1. The Balaban J connectivity index is 1.61. The molecule has 130 valence electrons. The van der Waals surface area contributed by atoms with E-state index in [-0.39, 0.29) is 11.8 Å². The zero-order valence-electron chi connectivity index (χ0n) is 14.3. The Morgan fingerprint density at radius 2 is 1.96 bits per heavy atom. The second-order valence-electron chi connectivity index (χ2n) is 6.71. The number of benzene rings is 1. The SMILES string of the molecule is Cc1cc2cc(CNCC(C(=O)O)C3CCOCC3)oc2cc1C. The number of fused-ring (bicyclic) bond motifs is 1. The van der Waals surface area contributed by atoms with Crippen molar-refractivity contribution in [1.29, 1.82) is 0 Å². The minimum Gasteiger partial charge on any atom is -0.481 e. The summed E-state index contributed by atoms with van der Waals surface area (Å²) in [6, 6.07) is 6.20. The number of ether oxygens (including phenoxy) is 1. The van der Waals surface area contributed by atoms with Crippen LogP contribution in [0.1, 0.15) is 29.7 Å². The normalized spacial score (nSPS) is 17.2. The summed E-state index contributed by atoms with van der Waals surface area (Å²) in [5, 5.41) is 13.8. The molecule has 1 aromatic heterocycles.